The van der Waals surface area contributed by atoms with Crippen LogP contribution >= 0.6 is 11.8 Å². The molecule has 3 atom stereocenters. The molecule has 2 aromatic carbocycles. The number of ether oxygens (including phenoxy) is 2. The maximum atomic E-state index is 13.5. The normalized spacial score (nSPS) is 21.6. The van der Waals surface area contributed by atoms with Gasteiger partial charge in [0.25, 0.3) is 0 Å². The fourth-order valence-corrected chi connectivity index (χ4v) is 6.64. The maximum absolute atomic E-state index is 13.5. The maximum Gasteiger partial charge on any atom is 0.327 e. The highest BCUT2D eigenvalue weighted by Gasteiger charge is 2.47. The number of carbonyl (C=O) groups excluding carboxylic acids is 2. The van der Waals surface area contributed by atoms with Crippen molar-refractivity contribution in [3.05, 3.63) is 65.9 Å². The van der Waals surface area contributed by atoms with Gasteiger partial charge in [0.2, 0.25) is 5.91 Å². The van der Waals surface area contributed by atoms with E-state index >= 15 is 0 Å². The number of benzene rings is 2. The lowest BCUT2D eigenvalue weighted by molar-refractivity contribution is -0.121. The summed E-state index contributed by atoms with van der Waals surface area (Å²) in [6.07, 6.45) is 3.69. The summed E-state index contributed by atoms with van der Waals surface area (Å²) in [6, 6.07) is 14.4. The Morgan fingerprint density at radius 2 is 2.03 bits per heavy atom. The molecule has 2 unspecified atom stereocenters. The molecular weight excluding hydrogens is 514 g/mol. The second-order valence-corrected chi connectivity index (χ2v) is 11.0. The number of amides is 3. The smallest absolute Gasteiger partial charge is 0.327 e. The van der Waals surface area contributed by atoms with Crippen LogP contribution in [0.2, 0.25) is 0 Å². The average Bonchev–Trinajstić information content (AvgIpc) is 3.31. The number of para-hydroxylation sites is 2. The number of anilines is 2. The van der Waals surface area contributed by atoms with E-state index in [2.05, 4.69) is 20.9 Å². The van der Waals surface area contributed by atoms with Gasteiger partial charge in [-0.15, -0.1) is 0 Å². The van der Waals surface area contributed by atoms with Crippen LogP contribution in [-0.4, -0.2) is 47.9 Å². The molecule has 3 aromatic rings. The molecule has 0 saturated carbocycles. The fourth-order valence-electron chi connectivity index (χ4n) is 5.40. The molecule has 3 N–H and O–H groups in total. The Hall–Kier alpha value is -3.76. The van der Waals surface area contributed by atoms with Crippen molar-refractivity contribution in [2.24, 2.45) is 0 Å². The highest BCUT2D eigenvalue weighted by atomic mass is 32.2. The van der Waals surface area contributed by atoms with Crippen LogP contribution in [-0.2, 0) is 4.79 Å². The van der Waals surface area contributed by atoms with Gasteiger partial charge >= 0.3 is 6.03 Å². The van der Waals surface area contributed by atoms with E-state index in [1.54, 1.807) is 11.1 Å². The van der Waals surface area contributed by atoms with Gasteiger partial charge in [0.15, 0.2) is 11.5 Å². The van der Waals surface area contributed by atoms with Crippen LogP contribution in [0.25, 0.3) is 0 Å². The zero-order valence-electron chi connectivity index (χ0n) is 21.9. The summed E-state index contributed by atoms with van der Waals surface area (Å²) in [7, 11) is 0. The Morgan fingerprint density at radius 3 is 2.79 bits per heavy atom. The summed E-state index contributed by atoms with van der Waals surface area (Å²) in [6.45, 7) is 6.16. The topological polar surface area (TPSA) is 105 Å². The molecule has 4 heterocycles. The lowest BCUT2D eigenvalue weighted by atomic mass is 9.99. The van der Waals surface area contributed by atoms with Crippen LogP contribution in [0.5, 0.6) is 17.2 Å². The third-order valence-corrected chi connectivity index (χ3v) is 8.48. The molecule has 3 amide bonds. The first-order valence-corrected chi connectivity index (χ1v) is 14.2. The molecule has 3 aliphatic rings. The summed E-state index contributed by atoms with van der Waals surface area (Å²) in [5.41, 5.74) is 3.23. The number of piperidine rings is 1. The van der Waals surface area contributed by atoms with Gasteiger partial charge in [0.1, 0.15) is 16.0 Å². The number of rotatable bonds is 7. The minimum atomic E-state index is -0.469. The number of pyridine rings is 1. The fraction of sp³-hybridized carbons (Fsp3) is 0.345. The van der Waals surface area contributed by atoms with E-state index in [9.17, 15) is 9.59 Å². The Bertz CT molecular complexity index is 1410. The minimum Gasteiger partial charge on any atom is -0.490 e. The van der Waals surface area contributed by atoms with Gasteiger partial charge < -0.3 is 25.4 Å². The molecule has 1 saturated heterocycles. The lowest BCUT2D eigenvalue weighted by Crippen LogP contribution is -2.52. The highest BCUT2D eigenvalue weighted by molar-refractivity contribution is 8.01. The Morgan fingerprint density at radius 1 is 1.18 bits per heavy atom. The number of urea groups is 1. The first kappa shape index (κ1) is 25.5. The average molecular weight is 546 g/mol. The number of thioether (sulfide) groups is 1. The molecule has 10 heteroatoms. The molecule has 202 valence electrons. The van der Waals surface area contributed by atoms with Crippen molar-refractivity contribution in [2.75, 3.05) is 24.6 Å². The molecule has 1 fully saturated rings. The van der Waals surface area contributed by atoms with Gasteiger partial charge in [-0.2, -0.15) is 0 Å². The summed E-state index contributed by atoms with van der Waals surface area (Å²) in [5.74, 6) is 1.87. The van der Waals surface area contributed by atoms with Gasteiger partial charge in [-0.1, -0.05) is 23.9 Å². The quantitative estimate of drug-likeness (QED) is 0.391. The summed E-state index contributed by atoms with van der Waals surface area (Å²) in [4.78, 5) is 33.0. The monoisotopic (exact) mass is 545 g/mol. The van der Waals surface area contributed by atoms with Gasteiger partial charge in [0, 0.05) is 24.3 Å². The minimum absolute atomic E-state index is 0.0681. The third kappa shape index (κ3) is 4.90. The second-order valence-electron chi connectivity index (χ2n) is 9.83. The first-order chi connectivity index (χ1) is 19.0. The predicted molar refractivity (Wildman–Crippen MR) is 150 cm³/mol. The van der Waals surface area contributed by atoms with E-state index in [4.69, 9.17) is 9.47 Å². The van der Waals surface area contributed by atoms with Gasteiger partial charge in [-0.3, -0.25) is 9.69 Å². The van der Waals surface area contributed by atoms with Crippen molar-refractivity contribution in [1.82, 2.24) is 20.9 Å². The van der Waals surface area contributed by atoms with E-state index in [0.29, 0.717) is 23.9 Å². The van der Waals surface area contributed by atoms with Gasteiger partial charge in [0.05, 0.1) is 24.0 Å². The van der Waals surface area contributed by atoms with E-state index < -0.39 is 11.3 Å². The molecule has 0 aliphatic carbocycles. The molecule has 0 spiro atoms. The Labute approximate surface area is 231 Å². The molecule has 0 bridgehead atoms. The first-order valence-electron chi connectivity index (χ1n) is 13.3. The molecule has 1 aromatic heterocycles. The molecule has 6 rings (SSSR count). The molecule has 39 heavy (non-hydrogen) atoms. The highest BCUT2D eigenvalue weighted by Crippen LogP contribution is 2.51. The van der Waals surface area contributed by atoms with Crippen molar-refractivity contribution < 1.29 is 19.1 Å². The zero-order chi connectivity index (χ0) is 26.9. The predicted octanol–water partition coefficient (Wildman–Crippen LogP) is 4.83. The van der Waals surface area contributed by atoms with E-state index in [-0.39, 0.29) is 18.0 Å². The standard InChI is InChI=1S/C29H31N5O4S/c1-3-37-22-8-4-5-9-23(22)38-19-10-11-20(17(2)15-19)34-21-12-14-31-28-24(21)25(33-29(34)36)26(39-28)27(35)32-18-7-6-13-30-16-18/h4-5,8-12,14-15,18,25-26,30H,3,6-7,13,16H2,1-2H3,(H,32,35)(H,33,36)/t18?,25?,26-/m1/s1. The summed E-state index contributed by atoms with van der Waals surface area (Å²) < 4.78 is 11.8. The van der Waals surface area contributed by atoms with Crippen LogP contribution in [0, 0.1) is 6.92 Å². The van der Waals surface area contributed by atoms with Crippen LogP contribution in [0.15, 0.2) is 59.8 Å². The van der Waals surface area contributed by atoms with Gasteiger partial charge in [-0.25, -0.2) is 9.78 Å². The van der Waals surface area contributed by atoms with Crippen LogP contribution in [0.1, 0.15) is 36.9 Å². The van der Waals surface area contributed by atoms with Crippen LogP contribution in [0.4, 0.5) is 16.2 Å². The van der Waals surface area contributed by atoms with Crippen molar-refractivity contribution in [2.45, 2.75) is 49.0 Å². The number of aromatic nitrogens is 1. The van der Waals surface area contributed by atoms with E-state index in [1.807, 2.05) is 62.4 Å². The van der Waals surface area contributed by atoms with Gasteiger partial charge in [-0.05, 0) is 75.2 Å². The molecule has 3 aliphatic heterocycles. The number of nitrogens with one attached hydrogen (secondary N) is 3. The van der Waals surface area contributed by atoms with Crippen molar-refractivity contribution in [3.8, 4) is 17.2 Å². The number of carbonyl (C=O) groups is 2. The van der Waals surface area contributed by atoms with Crippen LogP contribution in [0.3, 0.4) is 0 Å². The number of nitrogens with zero attached hydrogens (tertiary/aromatic N) is 2. The Balaban J connectivity index is 1.26. The van der Waals surface area contributed by atoms with E-state index in [1.165, 1.54) is 11.8 Å². The number of hydrogen-bond acceptors (Lipinski definition) is 7. The Kier molecular flexibility index (Phi) is 7.05. The zero-order valence-corrected chi connectivity index (χ0v) is 22.7. The van der Waals surface area contributed by atoms with Crippen molar-refractivity contribution >= 4 is 35.1 Å². The molecule has 9 nitrogen and oxygen atoms in total. The van der Waals surface area contributed by atoms with Crippen molar-refractivity contribution in [3.63, 3.8) is 0 Å². The summed E-state index contributed by atoms with van der Waals surface area (Å²) >= 11 is 1.42. The number of hydrogen-bond donors (Lipinski definition) is 3. The summed E-state index contributed by atoms with van der Waals surface area (Å²) in [5, 5.41) is 9.90. The lowest BCUT2D eigenvalue weighted by Gasteiger charge is -2.35. The molecule has 0 radical (unpaired) electrons. The largest absolute Gasteiger partial charge is 0.490 e. The second kappa shape index (κ2) is 10.8. The number of aryl methyl sites for hydroxylation is 1. The SMILES string of the molecule is CCOc1ccccc1Oc1ccc(N2C(=O)NC3c4c2ccnc4S[C@H]3C(=O)NC2CCCNC2)c(C)c1. The third-order valence-electron chi connectivity index (χ3n) is 7.19. The van der Waals surface area contributed by atoms with Crippen LogP contribution < -0.4 is 30.3 Å². The van der Waals surface area contributed by atoms with Crippen molar-refractivity contribution in [1.29, 1.82) is 0 Å². The molecular formula is C29H31N5O4S. The van der Waals surface area contributed by atoms with E-state index in [0.717, 1.165) is 53.5 Å².